The average molecular weight is 302 g/mol. The molecule has 5 heteroatoms. The number of nitrogens with zero attached hydrogens (tertiary/aromatic N) is 2. The molecule has 1 heterocycles. The van der Waals surface area contributed by atoms with Crippen molar-refractivity contribution in [3.63, 3.8) is 0 Å². The van der Waals surface area contributed by atoms with Gasteiger partial charge in [-0.3, -0.25) is 0 Å². The number of rotatable bonds is 6. The quantitative estimate of drug-likeness (QED) is 0.874. The molecule has 1 aromatic heterocycles. The molecule has 17 heavy (non-hydrogen) atoms. The van der Waals surface area contributed by atoms with Crippen molar-refractivity contribution in [3.8, 4) is 0 Å². The Morgan fingerprint density at radius 1 is 1.35 bits per heavy atom. The van der Waals surface area contributed by atoms with Gasteiger partial charge in [0.1, 0.15) is 11.9 Å². The van der Waals surface area contributed by atoms with Gasteiger partial charge < -0.3 is 10.1 Å². The number of aryl methyl sites for hydroxylation is 1. The van der Waals surface area contributed by atoms with Gasteiger partial charge in [0, 0.05) is 13.7 Å². The molecule has 1 unspecified atom stereocenters. The van der Waals surface area contributed by atoms with E-state index in [2.05, 4.69) is 45.1 Å². The summed E-state index contributed by atoms with van der Waals surface area (Å²) in [6.45, 7) is 7.06. The Bertz CT molecular complexity index is 367. The van der Waals surface area contributed by atoms with E-state index in [1.165, 1.54) is 0 Å². The molecule has 1 rings (SSSR count). The number of nitrogens with one attached hydrogen (secondary N) is 1. The zero-order chi connectivity index (χ0) is 12.8. The molecule has 4 nitrogen and oxygen atoms in total. The first-order chi connectivity index (χ1) is 8.13. The van der Waals surface area contributed by atoms with Crippen molar-refractivity contribution in [1.82, 2.24) is 9.97 Å². The largest absolute Gasteiger partial charge is 0.373 e. The lowest BCUT2D eigenvalue weighted by atomic mass is 10.2. The van der Waals surface area contributed by atoms with Crippen LogP contribution in [0, 0.1) is 6.92 Å². The molecule has 96 valence electrons. The monoisotopic (exact) mass is 301 g/mol. The summed E-state index contributed by atoms with van der Waals surface area (Å²) in [4.78, 5) is 8.98. The molecule has 0 bridgehead atoms. The van der Waals surface area contributed by atoms with Crippen LogP contribution in [0.1, 0.15) is 44.3 Å². The third-order valence-corrected chi connectivity index (χ3v) is 3.47. The fourth-order valence-corrected chi connectivity index (χ4v) is 1.86. The van der Waals surface area contributed by atoms with Gasteiger partial charge in [0.15, 0.2) is 5.82 Å². The zero-order valence-electron chi connectivity index (χ0n) is 10.9. The Balaban J connectivity index is 3.04. The standard InChI is InChI=1S/C12H20BrN3O/c1-5-7-14-12-10(13)8(3)15-11(16-12)9(6-2)17-4/h9H,5-7H2,1-4H3,(H,14,15,16). The van der Waals surface area contributed by atoms with E-state index in [4.69, 9.17) is 4.74 Å². The molecule has 0 amide bonds. The lowest BCUT2D eigenvalue weighted by molar-refractivity contribution is 0.0925. The number of aromatic nitrogens is 2. The molecule has 0 radical (unpaired) electrons. The summed E-state index contributed by atoms with van der Waals surface area (Å²) in [5.74, 6) is 1.60. The van der Waals surface area contributed by atoms with Gasteiger partial charge in [0.2, 0.25) is 0 Å². The Hall–Kier alpha value is -0.680. The third kappa shape index (κ3) is 3.64. The summed E-state index contributed by atoms with van der Waals surface area (Å²) >= 11 is 3.51. The molecule has 1 aromatic rings. The van der Waals surface area contributed by atoms with Crippen molar-refractivity contribution in [2.75, 3.05) is 19.0 Å². The Kier molecular flexibility index (Phi) is 5.85. The fourth-order valence-electron chi connectivity index (χ4n) is 1.54. The van der Waals surface area contributed by atoms with Crippen molar-refractivity contribution in [2.45, 2.75) is 39.7 Å². The normalized spacial score (nSPS) is 12.5. The molecule has 0 aliphatic rings. The summed E-state index contributed by atoms with van der Waals surface area (Å²) in [6, 6.07) is 0. The Morgan fingerprint density at radius 2 is 2.06 bits per heavy atom. The van der Waals surface area contributed by atoms with E-state index >= 15 is 0 Å². The highest BCUT2D eigenvalue weighted by Crippen LogP contribution is 2.26. The van der Waals surface area contributed by atoms with E-state index in [0.717, 1.165) is 41.2 Å². The second-order valence-electron chi connectivity index (χ2n) is 3.89. The summed E-state index contributed by atoms with van der Waals surface area (Å²) in [5.41, 5.74) is 0.934. The number of hydrogen-bond acceptors (Lipinski definition) is 4. The first-order valence-electron chi connectivity index (χ1n) is 5.94. The van der Waals surface area contributed by atoms with Gasteiger partial charge in [-0.25, -0.2) is 9.97 Å². The van der Waals surface area contributed by atoms with E-state index in [-0.39, 0.29) is 6.10 Å². The van der Waals surface area contributed by atoms with Gasteiger partial charge in [0.05, 0.1) is 10.2 Å². The number of halogens is 1. The van der Waals surface area contributed by atoms with Crippen molar-refractivity contribution >= 4 is 21.7 Å². The number of methoxy groups -OCH3 is 1. The molecule has 0 spiro atoms. The third-order valence-electron chi connectivity index (χ3n) is 2.52. The molecule has 0 aliphatic carbocycles. The second kappa shape index (κ2) is 6.91. The lowest BCUT2D eigenvalue weighted by Gasteiger charge is -2.15. The first kappa shape index (κ1) is 14.4. The minimum absolute atomic E-state index is 0.0380. The minimum atomic E-state index is -0.0380. The topological polar surface area (TPSA) is 47.0 Å². The molecule has 1 atom stereocenters. The smallest absolute Gasteiger partial charge is 0.159 e. The van der Waals surface area contributed by atoms with Gasteiger partial charge in [0.25, 0.3) is 0 Å². The maximum absolute atomic E-state index is 5.37. The molecule has 0 saturated carbocycles. The minimum Gasteiger partial charge on any atom is -0.373 e. The van der Waals surface area contributed by atoms with E-state index in [1.807, 2.05) is 6.92 Å². The van der Waals surface area contributed by atoms with Crippen molar-refractivity contribution < 1.29 is 4.74 Å². The van der Waals surface area contributed by atoms with Crippen LogP contribution < -0.4 is 5.32 Å². The van der Waals surface area contributed by atoms with E-state index in [0.29, 0.717) is 0 Å². The molecule has 0 fully saturated rings. The number of hydrogen-bond donors (Lipinski definition) is 1. The predicted octanol–water partition coefficient (Wildman–Crippen LogP) is 3.47. The van der Waals surface area contributed by atoms with Crippen LogP contribution >= 0.6 is 15.9 Å². The van der Waals surface area contributed by atoms with Crippen molar-refractivity contribution in [3.05, 3.63) is 16.0 Å². The van der Waals surface area contributed by atoms with E-state index in [1.54, 1.807) is 7.11 Å². The van der Waals surface area contributed by atoms with Crippen LogP contribution in [0.5, 0.6) is 0 Å². The summed E-state index contributed by atoms with van der Waals surface area (Å²) < 4.78 is 6.30. The van der Waals surface area contributed by atoms with E-state index in [9.17, 15) is 0 Å². The molecule has 1 N–H and O–H groups in total. The van der Waals surface area contributed by atoms with Crippen LogP contribution in [0.25, 0.3) is 0 Å². The summed E-state index contributed by atoms with van der Waals surface area (Å²) in [5, 5.41) is 3.29. The molecular weight excluding hydrogens is 282 g/mol. The van der Waals surface area contributed by atoms with Gasteiger partial charge in [-0.1, -0.05) is 13.8 Å². The first-order valence-corrected chi connectivity index (χ1v) is 6.74. The highest BCUT2D eigenvalue weighted by Gasteiger charge is 2.15. The Labute approximate surface area is 111 Å². The molecular formula is C12H20BrN3O. The Morgan fingerprint density at radius 3 is 2.59 bits per heavy atom. The predicted molar refractivity (Wildman–Crippen MR) is 73.3 cm³/mol. The fraction of sp³-hybridized carbons (Fsp3) is 0.667. The van der Waals surface area contributed by atoms with Gasteiger partial charge in [-0.2, -0.15) is 0 Å². The van der Waals surface area contributed by atoms with Gasteiger partial charge in [-0.05, 0) is 35.7 Å². The summed E-state index contributed by atoms with van der Waals surface area (Å²) in [7, 11) is 1.69. The molecule has 0 aromatic carbocycles. The molecule has 0 aliphatic heterocycles. The zero-order valence-corrected chi connectivity index (χ0v) is 12.5. The lowest BCUT2D eigenvalue weighted by Crippen LogP contribution is -2.11. The van der Waals surface area contributed by atoms with Crippen LogP contribution in [0.4, 0.5) is 5.82 Å². The molecule has 0 saturated heterocycles. The van der Waals surface area contributed by atoms with Crippen LogP contribution in [0.15, 0.2) is 4.47 Å². The SMILES string of the molecule is CCCNc1nc(C(CC)OC)nc(C)c1Br. The van der Waals surface area contributed by atoms with Crippen LogP contribution in [0.3, 0.4) is 0 Å². The maximum Gasteiger partial charge on any atom is 0.159 e. The van der Waals surface area contributed by atoms with Crippen LogP contribution in [0.2, 0.25) is 0 Å². The number of anilines is 1. The summed E-state index contributed by atoms with van der Waals surface area (Å²) in [6.07, 6.45) is 1.89. The highest BCUT2D eigenvalue weighted by atomic mass is 79.9. The van der Waals surface area contributed by atoms with Gasteiger partial charge in [-0.15, -0.1) is 0 Å². The number of ether oxygens (including phenoxy) is 1. The van der Waals surface area contributed by atoms with Crippen LogP contribution in [-0.2, 0) is 4.74 Å². The second-order valence-corrected chi connectivity index (χ2v) is 4.68. The maximum atomic E-state index is 5.37. The van der Waals surface area contributed by atoms with Gasteiger partial charge >= 0.3 is 0 Å². The average Bonchev–Trinajstić information content (AvgIpc) is 2.33. The van der Waals surface area contributed by atoms with Crippen molar-refractivity contribution in [1.29, 1.82) is 0 Å². The highest BCUT2D eigenvalue weighted by molar-refractivity contribution is 9.10. The van der Waals surface area contributed by atoms with Crippen molar-refractivity contribution in [2.24, 2.45) is 0 Å². The van der Waals surface area contributed by atoms with E-state index < -0.39 is 0 Å². The van der Waals surface area contributed by atoms with Crippen LogP contribution in [-0.4, -0.2) is 23.6 Å².